The van der Waals surface area contributed by atoms with E-state index in [1.54, 1.807) is 0 Å². The van der Waals surface area contributed by atoms with Gasteiger partial charge in [0.1, 0.15) is 6.54 Å². The largest absolute Gasteiger partial charge is 0.480 e. The van der Waals surface area contributed by atoms with Crippen molar-refractivity contribution in [3.63, 3.8) is 0 Å². The number of aryl methyl sites for hydroxylation is 1. The van der Waals surface area contributed by atoms with Crippen molar-refractivity contribution >= 4 is 16.0 Å². The maximum atomic E-state index is 12.2. The molecule has 0 aliphatic carbocycles. The molecule has 0 atom stereocenters. The van der Waals surface area contributed by atoms with Gasteiger partial charge in [-0.3, -0.25) is 9.48 Å². The van der Waals surface area contributed by atoms with E-state index in [1.165, 1.54) is 31.1 Å². The fourth-order valence-corrected chi connectivity index (χ4v) is 2.85. The topological polar surface area (TPSA) is 102 Å². The number of nitrogens with zero attached hydrogens (tertiary/aromatic N) is 3. The van der Waals surface area contributed by atoms with Crippen molar-refractivity contribution in [2.45, 2.75) is 5.03 Å². The summed E-state index contributed by atoms with van der Waals surface area (Å²) in [5, 5.41) is 12.4. The van der Waals surface area contributed by atoms with Gasteiger partial charge in [0.25, 0.3) is 10.0 Å². The van der Waals surface area contributed by atoms with E-state index < -0.39 is 22.5 Å². The van der Waals surface area contributed by atoms with Gasteiger partial charge in [0.2, 0.25) is 0 Å². The SMILES string of the molecule is COCCN(CC(=O)O)S(=O)(=O)c1ccnn1C. The zero-order chi connectivity index (χ0) is 13.8. The molecule has 8 nitrogen and oxygen atoms in total. The summed E-state index contributed by atoms with van der Waals surface area (Å²) in [6.07, 6.45) is 1.34. The number of hydrogen-bond acceptors (Lipinski definition) is 5. The number of sulfonamides is 1. The van der Waals surface area contributed by atoms with Gasteiger partial charge in [-0.05, 0) is 6.07 Å². The molecule has 0 unspecified atom stereocenters. The molecule has 0 bridgehead atoms. The van der Waals surface area contributed by atoms with Crippen LogP contribution in [0.25, 0.3) is 0 Å². The third-order valence-electron chi connectivity index (χ3n) is 2.24. The van der Waals surface area contributed by atoms with E-state index in [9.17, 15) is 13.2 Å². The lowest BCUT2D eigenvalue weighted by Crippen LogP contribution is -2.38. The van der Waals surface area contributed by atoms with Crippen molar-refractivity contribution in [2.75, 3.05) is 26.8 Å². The molecule has 0 aromatic carbocycles. The Morgan fingerprint density at radius 2 is 2.28 bits per heavy atom. The van der Waals surface area contributed by atoms with Gasteiger partial charge in [0.15, 0.2) is 5.03 Å². The molecule has 1 heterocycles. The summed E-state index contributed by atoms with van der Waals surface area (Å²) in [6.45, 7) is -0.530. The first-order valence-electron chi connectivity index (χ1n) is 5.08. The van der Waals surface area contributed by atoms with Gasteiger partial charge in [-0.15, -0.1) is 0 Å². The molecule has 1 rings (SSSR count). The van der Waals surface area contributed by atoms with Crippen molar-refractivity contribution < 1.29 is 23.1 Å². The minimum absolute atomic E-state index is 0.0314. The van der Waals surface area contributed by atoms with Crippen LogP contribution in [-0.2, 0) is 26.6 Å². The predicted octanol–water partition coefficient (Wildman–Crippen LogP) is -0.858. The molecule has 1 aromatic rings. The second-order valence-electron chi connectivity index (χ2n) is 3.52. The number of rotatable bonds is 7. The molecular weight excluding hydrogens is 262 g/mol. The monoisotopic (exact) mass is 277 g/mol. The summed E-state index contributed by atoms with van der Waals surface area (Å²) in [4.78, 5) is 10.7. The van der Waals surface area contributed by atoms with Gasteiger partial charge < -0.3 is 9.84 Å². The first kappa shape index (κ1) is 14.6. The molecule has 0 fully saturated rings. The number of aromatic nitrogens is 2. The highest BCUT2D eigenvalue weighted by molar-refractivity contribution is 7.89. The van der Waals surface area contributed by atoms with Crippen molar-refractivity contribution in [1.82, 2.24) is 14.1 Å². The van der Waals surface area contributed by atoms with Crippen LogP contribution in [0, 0.1) is 0 Å². The van der Waals surface area contributed by atoms with Crippen LogP contribution in [-0.4, -0.2) is 60.4 Å². The smallest absolute Gasteiger partial charge is 0.318 e. The van der Waals surface area contributed by atoms with Crippen LogP contribution >= 0.6 is 0 Å². The lowest BCUT2D eigenvalue weighted by molar-refractivity contribution is -0.137. The molecule has 0 saturated heterocycles. The lowest BCUT2D eigenvalue weighted by atomic mass is 10.6. The number of aliphatic carboxylic acids is 1. The quantitative estimate of drug-likeness (QED) is 0.696. The fraction of sp³-hybridized carbons (Fsp3) is 0.556. The Bertz CT molecular complexity index is 510. The Labute approximate surface area is 105 Å². The average Bonchev–Trinajstić information content (AvgIpc) is 2.70. The molecule has 1 aromatic heterocycles. The van der Waals surface area contributed by atoms with Crippen LogP contribution in [0.5, 0.6) is 0 Å². The average molecular weight is 277 g/mol. The van der Waals surface area contributed by atoms with E-state index in [0.717, 1.165) is 4.31 Å². The summed E-state index contributed by atoms with van der Waals surface area (Å²) in [5.41, 5.74) is 0. The predicted molar refractivity (Wildman–Crippen MR) is 61.5 cm³/mol. The van der Waals surface area contributed by atoms with Gasteiger partial charge in [-0.25, -0.2) is 8.42 Å². The normalized spacial score (nSPS) is 11.9. The van der Waals surface area contributed by atoms with Crippen LogP contribution < -0.4 is 0 Å². The highest BCUT2D eigenvalue weighted by atomic mass is 32.2. The number of carboxylic acid groups (broad SMARTS) is 1. The van der Waals surface area contributed by atoms with Crippen LogP contribution in [0.4, 0.5) is 0 Å². The van der Waals surface area contributed by atoms with Gasteiger partial charge >= 0.3 is 5.97 Å². The molecular formula is C9H15N3O5S. The molecule has 102 valence electrons. The molecule has 9 heteroatoms. The highest BCUT2D eigenvalue weighted by Crippen LogP contribution is 2.13. The van der Waals surface area contributed by atoms with Crippen LogP contribution in [0.3, 0.4) is 0 Å². The summed E-state index contributed by atoms with van der Waals surface area (Å²) in [6, 6.07) is 1.32. The number of ether oxygens (including phenoxy) is 1. The van der Waals surface area contributed by atoms with Gasteiger partial charge in [-0.2, -0.15) is 9.40 Å². The Morgan fingerprint density at radius 1 is 1.61 bits per heavy atom. The van der Waals surface area contributed by atoms with Crippen LogP contribution in [0.1, 0.15) is 0 Å². The van der Waals surface area contributed by atoms with E-state index in [4.69, 9.17) is 9.84 Å². The van der Waals surface area contributed by atoms with Crippen LogP contribution in [0.15, 0.2) is 17.3 Å². The molecule has 0 spiro atoms. The summed E-state index contributed by atoms with van der Waals surface area (Å²) in [5.74, 6) is -1.23. The van der Waals surface area contributed by atoms with E-state index in [-0.39, 0.29) is 18.2 Å². The standard InChI is InChI=1S/C9H15N3O5S/c1-11-8(3-4-10-11)18(15,16)12(5-6-17-2)7-9(13)14/h3-4H,5-7H2,1-2H3,(H,13,14). The minimum Gasteiger partial charge on any atom is -0.480 e. The Morgan fingerprint density at radius 3 is 2.72 bits per heavy atom. The van der Waals surface area contributed by atoms with Gasteiger partial charge in [-0.1, -0.05) is 0 Å². The van der Waals surface area contributed by atoms with Crippen molar-refractivity contribution in [3.05, 3.63) is 12.3 Å². The maximum Gasteiger partial charge on any atom is 0.318 e. The first-order chi connectivity index (χ1) is 8.39. The van der Waals surface area contributed by atoms with Crippen molar-refractivity contribution in [3.8, 4) is 0 Å². The summed E-state index contributed by atoms with van der Waals surface area (Å²) in [7, 11) is -0.996. The summed E-state index contributed by atoms with van der Waals surface area (Å²) >= 11 is 0. The highest BCUT2D eigenvalue weighted by Gasteiger charge is 2.28. The third kappa shape index (κ3) is 3.28. The molecule has 1 N–H and O–H groups in total. The van der Waals surface area contributed by atoms with Gasteiger partial charge in [0.05, 0.1) is 12.8 Å². The van der Waals surface area contributed by atoms with E-state index in [0.29, 0.717) is 0 Å². The molecule has 0 aliphatic rings. The van der Waals surface area contributed by atoms with Crippen molar-refractivity contribution in [2.24, 2.45) is 7.05 Å². The molecule has 0 radical (unpaired) electrons. The summed E-state index contributed by atoms with van der Waals surface area (Å²) < 4.78 is 31.2. The van der Waals surface area contributed by atoms with Crippen LogP contribution in [0.2, 0.25) is 0 Å². The van der Waals surface area contributed by atoms with E-state index in [2.05, 4.69) is 5.10 Å². The molecule has 0 saturated carbocycles. The zero-order valence-corrected chi connectivity index (χ0v) is 10.9. The van der Waals surface area contributed by atoms with Gasteiger partial charge in [0, 0.05) is 20.7 Å². The Hall–Kier alpha value is -1.45. The lowest BCUT2D eigenvalue weighted by Gasteiger charge is -2.19. The number of hydrogen-bond donors (Lipinski definition) is 1. The first-order valence-corrected chi connectivity index (χ1v) is 6.52. The zero-order valence-electron chi connectivity index (χ0n) is 10.1. The van der Waals surface area contributed by atoms with E-state index in [1.807, 2.05) is 0 Å². The fourth-order valence-electron chi connectivity index (χ4n) is 1.38. The third-order valence-corrected chi connectivity index (χ3v) is 4.16. The van der Waals surface area contributed by atoms with E-state index >= 15 is 0 Å². The van der Waals surface area contributed by atoms with Crippen molar-refractivity contribution in [1.29, 1.82) is 0 Å². The maximum absolute atomic E-state index is 12.2. The minimum atomic E-state index is -3.88. The molecule has 0 aliphatic heterocycles. The number of carbonyl (C=O) groups is 1. The second kappa shape index (κ2) is 5.94. The second-order valence-corrected chi connectivity index (χ2v) is 5.40. The number of carboxylic acids is 1. The number of methoxy groups -OCH3 is 1. The molecule has 18 heavy (non-hydrogen) atoms. The Kier molecular flexibility index (Phi) is 4.82. The Balaban J connectivity index is 3.03. The molecule has 0 amide bonds.